The Bertz CT molecular complexity index is 428. The van der Waals surface area contributed by atoms with Crippen molar-refractivity contribution in [2.24, 2.45) is 5.92 Å². The molecule has 1 fully saturated rings. The first-order chi connectivity index (χ1) is 9.65. The van der Waals surface area contributed by atoms with Gasteiger partial charge in [-0.25, -0.2) is 0 Å². The molecule has 2 rings (SSSR count). The number of nitro benzene ring substituents is 1. The van der Waals surface area contributed by atoms with Crippen molar-refractivity contribution in [2.75, 3.05) is 25.4 Å². The fourth-order valence-corrected chi connectivity index (χ4v) is 3.27. The summed E-state index contributed by atoms with van der Waals surface area (Å²) in [7, 11) is 0. The summed E-state index contributed by atoms with van der Waals surface area (Å²) < 4.78 is 0. The molecule has 1 heterocycles. The summed E-state index contributed by atoms with van der Waals surface area (Å²) in [4.78, 5) is 13.9. The molecule has 4 nitrogen and oxygen atoms in total. The van der Waals surface area contributed by atoms with Gasteiger partial charge in [0, 0.05) is 17.0 Å². The van der Waals surface area contributed by atoms with Crippen molar-refractivity contribution in [3.05, 3.63) is 34.4 Å². The molecule has 1 aromatic carbocycles. The minimum Gasteiger partial charge on any atom is -0.303 e. The quantitative estimate of drug-likeness (QED) is 0.346. The first kappa shape index (κ1) is 15.3. The van der Waals surface area contributed by atoms with Crippen molar-refractivity contribution in [1.29, 1.82) is 0 Å². The zero-order chi connectivity index (χ0) is 14.4. The van der Waals surface area contributed by atoms with Crippen molar-refractivity contribution in [3.63, 3.8) is 0 Å². The van der Waals surface area contributed by atoms with E-state index in [1.165, 1.54) is 38.9 Å². The molecule has 1 aliphatic rings. The second kappa shape index (κ2) is 7.64. The van der Waals surface area contributed by atoms with Gasteiger partial charge in [0.15, 0.2) is 0 Å². The van der Waals surface area contributed by atoms with Crippen LogP contribution in [0.4, 0.5) is 5.69 Å². The number of likely N-dealkylation sites (tertiary alicyclic amines) is 1. The predicted octanol–water partition coefficient (Wildman–Crippen LogP) is 3.81. The van der Waals surface area contributed by atoms with Crippen molar-refractivity contribution >= 4 is 17.4 Å². The number of benzene rings is 1. The van der Waals surface area contributed by atoms with Crippen molar-refractivity contribution in [2.45, 2.75) is 31.1 Å². The summed E-state index contributed by atoms with van der Waals surface area (Å²) in [5, 5.41) is 10.6. The molecule has 1 aliphatic heterocycles. The van der Waals surface area contributed by atoms with Crippen LogP contribution in [0.5, 0.6) is 0 Å². The van der Waals surface area contributed by atoms with E-state index in [2.05, 4.69) is 11.8 Å². The van der Waals surface area contributed by atoms with E-state index in [1.807, 2.05) is 12.1 Å². The molecule has 0 N–H and O–H groups in total. The number of hydrogen-bond donors (Lipinski definition) is 0. The van der Waals surface area contributed by atoms with E-state index in [1.54, 1.807) is 23.9 Å². The summed E-state index contributed by atoms with van der Waals surface area (Å²) in [6, 6.07) is 6.83. The van der Waals surface area contributed by atoms with Crippen LogP contribution in [0.15, 0.2) is 29.2 Å². The maximum atomic E-state index is 10.6. The van der Waals surface area contributed by atoms with Gasteiger partial charge < -0.3 is 4.90 Å². The molecule has 1 aromatic rings. The molecule has 110 valence electrons. The third kappa shape index (κ3) is 4.80. The van der Waals surface area contributed by atoms with Crippen LogP contribution in [-0.4, -0.2) is 35.2 Å². The maximum Gasteiger partial charge on any atom is 0.269 e. The highest BCUT2D eigenvalue weighted by Crippen LogP contribution is 2.22. The Morgan fingerprint density at radius 1 is 1.30 bits per heavy atom. The molecule has 0 amide bonds. The average molecular weight is 294 g/mol. The Morgan fingerprint density at radius 3 is 2.55 bits per heavy atom. The largest absolute Gasteiger partial charge is 0.303 e. The van der Waals surface area contributed by atoms with E-state index >= 15 is 0 Å². The third-order valence-electron chi connectivity index (χ3n) is 3.81. The fraction of sp³-hybridized carbons (Fsp3) is 0.600. The smallest absolute Gasteiger partial charge is 0.269 e. The summed E-state index contributed by atoms with van der Waals surface area (Å²) in [5.74, 6) is 1.96. The second-order valence-electron chi connectivity index (χ2n) is 5.48. The summed E-state index contributed by atoms with van der Waals surface area (Å²) in [6.07, 6.45) is 3.83. The Balaban J connectivity index is 1.64. The number of nitrogens with zero attached hydrogens (tertiary/aromatic N) is 2. The van der Waals surface area contributed by atoms with Crippen LogP contribution >= 0.6 is 11.8 Å². The average Bonchev–Trinajstić information content (AvgIpc) is 2.46. The Morgan fingerprint density at radius 2 is 1.95 bits per heavy atom. The molecule has 0 aliphatic carbocycles. The van der Waals surface area contributed by atoms with Gasteiger partial charge in [0.1, 0.15) is 0 Å². The van der Waals surface area contributed by atoms with E-state index in [0.717, 1.165) is 16.6 Å². The molecule has 0 spiro atoms. The van der Waals surface area contributed by atoms with Crippen molar-refractivity contribution < 1.29 is 4.92 Å². The molecule has 0 atom stereocenters. The third-order valence-corrected chi connectivity index (χ3v) is 4.91. The fourth-order valence-electron chi connectivity index (χ4n) is 2.43. The van der Waals surface area contributed by atoms with Crippen LogP contribution in [0, 0.1) is 16.0 Å². The maximum absolute atomic E-state index is 10.6. The van der Waals surface area contributed by atoms with Crippen LogP contribution in [0.25, 0.3) is 0 Å². The van der Waals surface area contributed by atoms with Crippen LogP contribution in [0.1, 0.15) is 26.2 Å². The lowest BCUT2D eigenvalue weighted by Gasteiger charge is -2.30. The van der Waals surface area contributed by atoms with Crippen LogP contribution in [0.3, 0.4) is 0 Å². The molecule has 1 saturated heterocycles. The second-order valence-corrected chi connectivity index (χ2v) is 6.65. The first-order valence-electron chi connectivity index (χ1n) is 7.25. The molecule has 20 heavy (non-hydrogen) atoms. The Kier molecular flexibility index (Phi) is 5.86. The monoisotopic (exact) mass is 294 g/mol. The molecule has 0 aromatic heterocycles. The van der Waals surface area contributed by atoms with Gasteiger partial charge in [0.2, 0.25) is 0 Å². The minimum atomic E-state index is -0.355. The van der Waals surface area contributed by atoms with E-state index in [-0.39, 0.29) is 10.6 Å². The minimum absolute atomic E-state index is 0.164. The SMILES string of the molecule is CC1CCN(CCCSc2ccc([N+](=O)[O-])cc2)CC1. The van der Waals surface area contributed by atoms with Gasteiger partial charge in [-0.2, -0.15) is 0 Å². The Labute approximate surface area is 124 Å². The van der Waals surface area contributed by atoms with E-state index < -0.39 is 0 Å². The normalized spacial score (nSPS) is 17.2. The van der Waals surface area contributed by atoms with Crippen molar-refractivity contribution in [3.8, 4) is 0 Å². The lowest BCUT2D eigenvalue weighted by molar-refractivity contribution is -0.384. The lowest BCUT2D eigenvalue weighted by Crippen LogP contribution is -2.33. The number of hydrogen-bond acceptors (Lipinski definition) is 4. The predicted molar refractivity (Wildman–Crippen MR) is 83.3 cm³/mol. The van der Waals surface area contributed by atoms with Gasteiger partial charge >= 0.3 is 0 Å². The first-order valence-corrected chi connectivity index (χ1v) is 8.23. The number of thioether (sulfide) groups is 1. The van der Waals surface area contributed by atoms with Gasteiger partial charge in [0.05, 0.1) is 4.92 Å². The topological polar surface area (TPSA) is 46.4 Å². The molecular weight excluding hydrogens is 272 g/mol. The zero-order valence-corrected chi connectivity index (χ0v) is 12.8. The van der Waals surface area contributed by atoms with Crippen LogP contribution < -0.4 is 0 Å². The number of rotatable bonds is 6. The van der Waals surface area contributed by atoms with Crippen molar-refractivity contribution in [1.82, 2.24) is 4.90 Å². The molecule has 5 heteroatoms. The molecule has 0 saturated carbocycles. The summed E-state index contributed by atoms with van der Waals surface area (Å²) in [5.41, 5.74) is 0.164. The van der Waals surface area contributed by atoms with Gasteiger partial charge in [-0.05, 0) is 62.7 Å². The van der Waals surface area contributed by atoms with Gasteiger partial charge in [0.25, 0.3) is 5.69 Å². The van der Waals surface area contributed by atoms with Crippen LogP contribution in [-0.2, 0) is 0 Å². The zero-order valence-electron chi connectivity index (χ0n) is 12.0. The molecule has 0 unspecified atom stereocenters. The summed E-state index contributed by atoms with van der Waals surface area (Å²) >= 11 is 1.78. The number of piperidine rings is 1. The summed E-state index contributed by atoms with van der Waals surface area (Å²) in [6.45, 7) is 5.99. The van der Waals surface area contributed by atoms with Crippen LogP contribution in [0.2, 0.25) is 0 Å². The highest BCUT2D eigenvalue weighted by molar-refractivity contribution is 7.99. The molecule has 0 bridgehead atoms. The Hall–Kier alpha value is -1.07. The highest BCUT2D eigenvalue weighted by Gasteiger charge is 2.14. The van der Waals surface area contributed by atoms with Gasteiger partial charge in [-0.3, -0.25) is 10.1 Å². The number of non-ortho nitro benzene ring substituents is 1. The highest BCUT2D eigenvalue weighted by atomic mass is 32.2. The van der Waals surface area contributed by atoms with E-state index in [0.29, 0.717) is 0 Å². The van der Waals surface area contributed by atoms with Gasteiger partial charge in [-0.15, -0.1) is 11.8 Å². The molecular formula is C15H22N2O2S. The molecule has 0 radical (unpaired) electrons. The lowest BCUT2D eigenvalue weighted by atomic mass is 9.99. The van der Waals surface area contributed by atoms with E-state index in [9.17, 15) is 10.1 Å². The number of nitro groups is 1. The van der Waals surface area contributed by atoms with Gasteiger partial charge in [-0.1, -0.05) is 6.92 Å². The van der Waals surface area contributed by atoms with E-state index in [4.69, 9.17) is 0 Å². The standard InChI is InChI=1S/C15H22N2O2S/c1-13-7-10-16(11-8-13)9-2-12-20-15-5-3-14(4-6-15)17(18)19/h3-6,13H,2,7-12H2,1H3.